The number of hydrogen-bond donors (Lipinski definition) is 0. The number of rotatable bonds is 6. The first kappa shape index (κ1) is 24.5. The molecule has 5 rings (SSSR count). The number of piperidine rings is 1. The maximum atomic E-state index is 13.2. The van der Waals surface area contributed by atoms with Gasteiger partial charge in [-0.25, -0.2) is 9.59 Å². The lowest BCUT2D eigenvalue weighted by Gasteiger charge is -2.58. The van der Waals surface area contributed by atoms with Crippen LogP contribution in [0.1, 0.15) is 62.6 Å². The number of nitrogens with zero attached hydrogens (tertiary/aromatic N) is 1. The highest BCUT2D eigenvalue weighted by Crippen LogP contribution is 2.56. The molecule has 2 bridgehead atoms. The van der Waals surface area contributed by atoms with Crippen LogP contribution in [-0.4, -0.2) is 42.6 Å². The van der Waals surface area contributed by atoms with E-state index in [-0.39, 0.29) is 30.4 Å². The van der Waals surface area contributed by atoms with Crippen LogP contribution in [0.5, 0.6) is 5.75 Å². The summed E-state index contributed by atoms with van der Waals surface area (Å²) >= 11 is 0. The number of likely N-dealkylation sites (tertiary alicyclic amines) is 1. The highest BCUT2D eigenvalue weighted by atomic mass is 16.8. The summed E-state index contributed by atoms with van der Waals surface area (Å²) in [6.45, 7) is 4.34. The van der Waals surface area contributed by atoms with Crippen molar-refractivity contribution in [2.24, 2.45) is 5.92 Å². The average Bonchev–Trinajstić information content (AvgIpc) is 2.88. The van der Waals surface area contributed by atoms with Crippen molar-refractivity contribution in [3.05, 3.63) is 65.2 Å². The largest absolute Gasteiger partial charge is 0.511 e. The van der Waals surface area contributed by atoms with Crippen molar-refractivity contribution in [3.8, 4) is 5.75 Å². The molecule has 1 saturated carbocycles. The summed E-state index contributed by atoms with van der Waals surface area (Å²) in [4.78, 5) is 26.8. The number of fused-ring (bicyclic) bond motifs is 1. The Bertz CT molecular complexity index is 1090. The highest BCUT2D eigenvalue weighted by Gasteiger charge is 2.55. The molecule has 36 heavy (non-hydrogen) atoms. The Morgan fingerprint density at radius 3 is 2.69 bits per heavy atom. The lowest BCUT2D eigenvalue weighted by atomic mass is 9.52. The predicted octanol–water partition coefficient (Wildman–Crippen LogP) is 5.98. The minimum Gasteiger partial charge on any atom is -0.457 e. The van der Waals surface area contributed by atoms with Crippen molar-refractivity contribution in [1.29, 1.82) is 0 Å². The van der Waals surface area contributed by atoms with Crippen LogP contribution >= 0.6 is 0 Å². The Labute approximate surface area is 212 Å². The Balaban J connectivity index is 1.31. The molecule has 3 aliphatic rings. The zero-order valence-electron chi connectivity index (χ0n) is 21.1. The van der Waals surface area contributed by atoms with Gasteiger partial charge in [-0.15, -0.1) is 0 Å². The summed E-state index contributed by atoms with van der Waals surface area (Å²) < 4.78 is 21.5. The van der Waals surface area contributed by atoms with Crippen LogP contribution in [0.4, 0.5) is 9.59 Å². The fraction of sp³-hybridized carbons (Fsp3) is 0.517. The molecule has 2 aliphatic carbocycles. The van der Waals surface area contributed by atoms with Gasteiger partial charge in [-0.2, -0.15) is 0 Å². The van der Waals surface area contributed by atoms with Crippen molar-refractivity contribution in [3.63, 3.8) is 0 Å². The fourth-order valence-corrected chi connectivity index (χ4v) is 6.48. The van der Waals surface area contributed by atoms with E-state index in [4.69, 9.17) is 18.9 Å². The highest BCUT2D eigenvalue weighted by molar-refractivity contribution is 5.69. The second-order valence-electron chi connectivity index (χ2n) is 10.4. The Hall–Kier alpha value is -3.22. The first-order chi connectivity index (χ1) is 17.5. The Morgan fingerprint density at radius 1 is 1.06 bits per heavy atom. The molecule has 1 saturated heterocycles. The van der Waals surface area contributed by atoms with Crippen LogP contribution in [0.2, 0.25) is 0 Å². The van der Waals surface area contributed by atoms with Gasteiger partial charge in [-0.05, 0) is 74.3 Å². The van der Waals surface area contributed by atoms with Crippen LogP contribution in [0, 0.1) is 5.92 Å². The molecule has 0 radical (unpaired) electrons. The quantitative estimate of drug-likeness (QED) is 0.364. The molecule has 0 N–H and O–H groups in total. The van der Waals surface area contributed by atoms with Gasteiger partial charge in [-0.3, -0.25) is 0 Å². The molecular formula is C29H35NO6. The van der Waals surface area contributed by atoms with E-state index < -0.39 is 6.16 Å². The van der Waals surface area contributed by atoms with E-state index in [2.05, 4.69) is 12.1 Å². The maximum Gasteiger partial charge on any atom is 0.511 e. The molecule has 0 unspecified atom stereocenters. The minimum absolute atomic E-state index is 0.0451. The van der Waals surface area contributed by atoms with Gasteiger partial charge in [-0.1, -0.05) is 49.2 Å². The number of carbonyl (C=O) groups excluding carboxylic acids is 2. The predicted molar refractivity (Wildman–Crippen MR) is 134 cm³/mol. The summed E-state index contributed by atoms with van der Waals surface area (Å²) in [5.74, 6) is 1.09. The molecule has 192 valence electrons. The normalized spacial score (nSPS) is 24.4. The summed E-state index contributed by atoms with van der Waals surface area (Å²) in [5.41, 5.74) is 3.65. The molecule has 3 atom stereocenters. The Morgan fingerprint density at radius 2 is 1.89 bits per heavy atom. The van der Waals surface area contributed by atoms with Gasteiger partial charge in [0.2, 0.25) is 6.79 Å². The van der Waals surface area contributed by atoms with Gasteiger partial charge >= 0.3 is 12.2 Å². The average molecular weight is 494 g/mol. The third kappa shape index (κ3) is 4.88. The first-order valence-corrected chi connectivity index (χ1v) is 13.0. The summed E-state index contributed by atoms with van der Waals surface area (Å²) in [7, 11) is 0. The maximum absolute atomic E-state index is 13.2. The van der Waals surface area contributed by atoms with E-state index in [1.165, 1.54) is 24.0 Å². The third-order valence-corrected chi connectivity index (χ3v) is 7.98. The van der Waals surface area contributed by atoms with Crippen LogP contribution in [0.15, 0.2) is 48.5 Å². The van der Waals surface area contributed by atoms with Gasteiger partial charge in [0.15, 0.2) is 0 Å². The lowest BCUT2D eigenvalue weighted by molar-refractivity contribution is -0.0153. The number of ether oxygens (including phenoxy) is 4. The smallest absolute Gasteiger partial charge is 0.457 e. The van der Waals surface area contributed by atoms with E-state index >= 15 is 0 Å². The summed E-state index contributed by atoms with van der Waals surface area (Å²) in [5, 5.41) is 0. The Kier molecular flexibility index (Phi) is 7.08. The molecule has 7 nitrogen and oxygen atoms in total. The first-order valence-electron chi connectivity index (χ1n) is 13.0. The molecule has 1 heterocycles. The van der Waals surface area contributed by atoms with E-state index in [1.807, 2.05) is 41.3 Å². The molecule has 2 aromatic rings. The van der Waals surface area contributed by atoms with Crippen molar-refractivity contribution in [1.82, 2.24) is 4.90 Å². The molecule has 0 aromatic heterocycles. The summed E-state index contributed by atoms with van der Waals surface area (Å²) in [6, 6.07) is 16.1. The third-order valence-electron chi connectivity index (χ3n) is 7.98. The van der Waals surface area contributed by atoms with Crippen LogP contribution in [0.3, 0.4) is 0 Å². The lowest BCUT2D eigenvalue weighted by Crippen LogP contribution is -2.62. The van der Waals surface area contributed by atoms with Crippen LogP contribution in [-0.2, 0) is 32.7 Å². The monoisotopic (exact) mass is 493 g/mol. The second-order valence-corrected chi connectivity index (χ2v) is 10.4. The van der Waals surface area contributed by atoms with E-state index in [0.717, 1.165) is 31.2 Å². The van der Waals surface area contributed by atoms with Crippen molar-refractivity contribution in [2.75, 3.05) is 13.3 Å². The van der Waals surface area contributed by atoms with E-state index in [9.17, 15) is 9.59 Å². The van der Waals surface area contributed by atoms with Crippen molar-refractivity contribution in [2.45, 2.75) is 76.5 Å². The van der Waals surface area contributed by atoms with Crippen LogP contribution < -0.4 is 4.74 Å². The molecule has 1 amide bonds. The molecular weight excluding hydrogens is 458 g/mol. The van der Waals surface area contributed by atoms with E-state index in [1.54, 1.807) is 13.8 Å². The summed E-state index contributed by atoms with van der Waals surface area (Å²) in [6.07, 6.45) is 5.17. The minimum atomic E-state index is -0.733. The van der Waals surface area contributed by atoms with Gasteiger partial charge in [0, 0.05) is 18.0 Å². The number of benzene rings is 2. The molecule has 1 aliphatic heterocycles. The van der Waals surface area contributed by atoms with Crippen molar-refractivity contribution < 1.29 is 28.5 Å². The number of hydrogen-bond acceptors (Lipinski definition) is 6. The molecule has 0 spiro atoms. The van der Waals surface area contributed by atoms with Gasteiger partial charge in [0.1, 0.15) is 12.4 Å². The van der Waals surface area contributed by atoms with Crippen LogP contribution in [0.25, 0.3) is 0 Å². The van der Waals surface area contributed by atoms with Gasteiger partial charge < -0.3 is 23.8 Å². The van der Waals surface area contributed by atoms with Gasteiger partial charge in [0.25, 0.3) is 0 Å². The van der Waals surface area contributed by atoms with Gasteiger partial charge in [0.05, 0.1) is 6.10 Å². The SMILES string of the molecule is CC(C)OC(=O)OCOc1ccc2c(c1)[C@]13CCCC[C@@H]1[C@H](C2)N(C(=O)OCc1ccccc1)CC3. The molecule has 2 aromatic carbocycles. The standard InChI is InChI=1S/C29H35NO6/c1-20(2)36-28(32)35-19-34-23-12-11-22-16-26-24-10-6-7-13-29(24,25(22)17-23)14-15-30(26)27(31)33-18-21-8-4-3-5-9-21/h3-5,8-9,11-12,17,20,24,26H,6-7,10,13-16,18-19H2,1-2H3/t24-,26+,29+/m1/s1. The fourth-order valence-electron chi connectivity index (χ4n) is 6.48. The zero-order chi connectivity index (χ0) is 25.1. The number of amides is 1. The van der Waals surface area contributed by atoms with E-state index in [0.29, 0.717) is 24.8 Å². The topological polar surface area (TPSA) is 74.3 Å². The molecule has 2 fully saturated rings. The van der Waals surface area contributed by atoms with Crippen molar-refractivity contribution >= 4 is 12.2 Å². The number of carbonyl (C=O) groups is 2. The second kappa shape index (κ2) is 10.4. The molecule has 7 heteroatoms. The zero-order valence-corrected chi connectivity index (χ0v) is 21.1.